The molecule has 0 fully saturated rings. The lowest BCUT2D eigenvalue weighted by molar-refractivity contribution is -0.137. The Bertz CT molecular complexity index is 679. The molecule has 28 heavy (non-hydrogen) atoms. The van der Waals surface area contributed by atoms with E-state index in [0.717, 1.165) is 12.1 Å². The summed E-state index contributed by atoms with van der Waals surface area (Å²) in [5, 5.41) is 5.53. The Hall–Kier alpha value is -2.25. The highest BCUT2D eigenvalue weighted by Gasteiger charge is 2.32. The van der Waals surface area contributed by atoms with Crippen LogP contribution in [0.3, 0.4) is 0 Å². The maximum Gasteiger partial charge on any atom is 0.416 e. The second-order valence-electron chi connectivity index (χ2n) is 8.35. The molecule has 0 saturated carbocycles. The molecule has 0 spiro atoms. The first-order valence-corrected chi connectivity index (χ1v) is 9.06. The molecular weight excluding hydrogens is 373 g/mol. The first-order chi connectivity index (χ1) is 12.6. The molecule has 2 N–H and O–H groups in total. The van der Waals surface area contributed by atoms with Gasteiger partial charge in [-0.15, -0.1) is 0 Å². The third kappa shape index (κ3) is 7.78. The van der Waals surface area contributed by atoms with Crippen LogP contribution in [0, 0.1) is 5.92 Å². The van der Waals surface area contributed by atoms with Gasteiger partial charge in [0, 0.05) is 6.54 Å². The maximum atomic E-state index is 12.6. The predicted molar refractivity (Wildman–Crippen MR) is 101 cm³/mol. The van der Waals surface area contributed by atoms with Gasteiger partial charge in [-0.1, -0.05) is 26.0 Å². The van der Waals surface area contributed by atoms with Crippen LogP contribution in [0.25, 0.3) is 0 Å². The quantitative estimate of drug-likeness (QED) is 0.745. The Morgan fingerprint density at radius 3 is 2.00 bits per heavy atom. The van der Waals surface area contributed by atoms with Crippen LogP contribution in [0.1, 0.15) is 52.7 Å². The molecule has 0 saturated heterocycles. The van der Waals surface area contributed by atoms with Gasteiger partial charge in [0.1, 0.15) is 5.60 Å². The first-order valence-electron chi connectivity index (χ1n) is 9.06. The molecule has 8 heteroatoms. The van der Waals surface area contributed by atoms with Gasteiger partial charge in [0.25, 0.3) is 0 Å². The van der Waals surface area contributed by atoms with Crippen LogP contribution >= 0.6 is 0 Å². The largest absolute Gasteiger partial charge is 0.444 e. The zero-order chi connectivity index (χ0) is 21.8. The van der Waals surface area contributed by atoms with Crippen LogP contribution in [0.5, 0.6) is 0 Å². The molecule has 1 rings (SSSR count). The van der Waals surface area contributed by atoms with Crippen LogP contribution in [-0.4, -0.2) is 29.7 Å². The van der Waals surface area contributed by atoms with Gasteiger partial charge in [-0.05, 0) is 51.3 Å². The van der Waals surface area contributed by atoms with Crippen molar-refractivity contribution in [2.24, 2.45) is 5.92 Å². The fourth-order valence-corrected chi connectivity index (χ4v) is 2.32. The number of hydrogen-bond donors (Lipinski definition) is 2. The number of alkyl halides is 3. The fraction of sp³-hybridized carbons (Fsp3) is 0.600. The number of halogens is 3. The molecule has 0 aliphatic heterocycles. The molecule has 158 valence electrons. The van der Waals surface area contributed by atoms with E-state index in [2.05, 4.69) is 10.6 Å². The lowest BCUT2D eigenvalue weighted by Gasteiger charge is -2.35. The SMILES string of the molecule is CC(C)C(C)(CNC(=O)OC(C)(C)C)NC(=O)Cc1ccc(C(F)(F)F)cc1. The lowest BCUT2D eigenvalue weighted by Crippen LogP contribution is -2.57. The van der Waals surface area contributed by atoms with Crippen molar-refractivity contribution in [3.63, 3.8) is 0 Å². The van der Waals surface area contributed by atoms with E-state index in [9.17, 15) is 22.8 Å². The van der Waals surface area contributed by atoms with Crippen molar-refractivity contribution in [1.82, 2.24) is 10.6 Å². The standard InChI is InChI=1S/C20H29F3N2O3/c1-13(2)19(6,12-24-17(27)28-18(3,4)5)25-16(26)11-14-7-9-15(10-8-14)20(21,22)23/h7-10,13H,11-12H2,1-6H3,(H,24,27)(H,25,26). The van der Waals surface area contributed by atoms with E-state index in [0.29, 0.717) is 5.56 Å². The van der Waals surface area contributed by atoms with Crippen molar-refractivity contribution in [2.45, 2.75) is 65.3 Å². The van der Waals surface area contributed by atoms with E-state index in [1.165, 1.54) is 12.1 Å². The summed E-state index contributed by atoms with van der Waals surface area (Å²) in [6, 6.07) is 4.48. The average molecular weight is 402 g/mol. The summed E-state index contributed by atoms with van der Waals surface area (Å²) in [6.45, 7) is 11.0. The number of nitrogens with one attached hydrogen (secondary N) is 2. The maximum absolute atomic E-state index is 12.6. The summed E-state index contributed by atoms with van der Waals surface area (Å²) in [5.74, 6) is -0.360. The first kappa shape index (κ1) is 23.8. The lowest BCUT2D eigenvalue weighted by atomic mass is 9.88. The highest BCUT2D eigenvalue weighted by molar-refractivity contribution is 5.79. The number of hydrogen-bond acceptors (Lipinski definition) is 3. The van der Waals surface area contributed by atoms with Gasteiger partial charge in [0.15, 0.2) is 0 Å². The molecule has 2 amide bonds. The Balaban J connectivity index is 2.72. The molecule has 0 aliphatic carbocycles. The minimum Gasteiger partial charge on any atom is -0.444 e. The van der Waals surface area contributed by atoms with Gasteiger partial charge in [-0.25, -0.2) is 4.79 Å². The fourth-order valence-electron chi connectivity index (χ4n) is 2.32. The molecule has 1 unspecified atom stereocenters. The van der Waals surface area contributed by atoms with Gasteiger partial charge >= 0.3 is 12.3 Å². The minimum atomic E-state index is -4.41. The topological polar surface area (TPSA) is 67.4 Å². The molecule has 1 aromatic rings. The third-order valence-electron chi connectivity index (χ3n) is 4.34. The normalized spacial score (nSPS) is 14.4. The van der Waals surface area contributed by atoms with Crippen molar-refractivity contribution < 1.29 is 27.5 Å². The second kappa shape index (κ2) is 8.84. The number of amides is 2. The Morgan fingerprint density at radius 2 is 1.57 bits per heavy atom. The summed E-state index contributed by atoms with van der Waals surface area (Å²) in [6.07, 6.45) is -5.06. The molecule has 5 nitrogen and oxygen atoms in total. The van der Waals surface area contributed by atoms with Gasteiger partial charge < -0.3 is 15.4 Å². The van der Waals surface area contributed by atoms with E-state index in [1.807, 2.05) is 13.8 Å². The Kier molecular flexibility index (Phi) is 7.51. The van der Waals surface area contributed by atoms with Crippen molar-refractivity contribution in [2.75, 3.05) is 6.54 Å². The Labute approximate surface area is 164 Å². The summed E-state index contributed by atoms with van der Waals surface area (Å²) < 4.78 is 43.1. The number of rotatable bonds is 6. The summed E-state index contributed by atoms with van der Waals surface area (Å²) >= 11 is 0. The minimum absolute atomic E-state index is 0.0148. The summed E-state index contributed by atoms with van der Waals surface area (Å²) in [7, 11) is 0. The van der Waals surface area contributed by atoms with Gasteiger partial charge in [0.2, 0.25) is 5.91 Å². The van der Waals surface area contributed by atoms with Crippen LogP contribution in [0.2, 0.25) is 0 Å². The van der Waals surface area contributed by atoms with E-state index >= 15 is 0 Å². The molecule has 1 atom stereocenters. The number of carbonyl (C=O) groups excluding carboxylic acids is 2. The van der Waals surface area contributed by atoms with Crippen molar-refractivity contribution >= 4 is 12.0 Å². The Morgan fingerprint density at radius 1 is 1.04 bits per heavy atom. The van der Waals surface area contributed by atoms with E-state index < -0.39 is 29.0 Å². The van der Waals surface area contributed by atoms with Gasteiger partial charge in [-0.2, -0.15) is 13.2 Å². The van der Waals surface area contributed by atoms with Gasteiger partial charge in [0.05, 0.1) is 17.5 Å². The third-order valence-corrected chi connectivity index (χ3v) is 4.34. The molecule has 0 radical (unpaired) electrons. The molecule has 0 aliphatic rings. The van der Waals surface area contributed by atoms with Crippen LogP contribution in [0.15, 0.2) is 24.3 Å². The molecule has 0 aromatic heterocycles. The monoisotopic (exact) mass is 402 g/mol. The van der Waals surface area contributed by atoms with E-state index in [4.69, 9.17) is 4.74 Å². The van der Waals surface area contributed by atoms with Crippen LogP contribution < -0.4 is 10.6 Å². The zero-order valence-electron chi connectivity index (χ0n) is 17.2. The highest BCUT2D eigenvalue weighted by Crippen LogP contribution is 2.29. The van der Waals surface area contributed by atoms with Crippen LogP contribution in [-0.2, 0) is 22.1 Å². The molecule has 1 aromatic carbocycles. The molecular formula is C20H29F3N2O3. The molecule has 0 heterocycles. The van der Waals surface area contributed by atoms with Crippen molar-refractivity contribution in [3.05, 3.63) is 35.4 Å². The van der Waals surface area contributed by atoms with E-state index in [-0.39, 0.29) is 24.8 Å². The highest BCUT2D eigenvalue weighted by atomic mass is 19.4. The van der Waals surface area contributed by atoms with Gasteiger partial charge in [-0.3, -0.25) is 4.79 Å². The zero-order valence-corrected chi connectivity index (χ0v) is 17.2. The number of benzene rings is 1. The van der Waals surface area contributed by atoms with E-state index in [1.54, 1.807) is 27.7 Å². The number of alkyl carbamates (subject to hydrolysis) is 1. The molecule has 0 bridgehead atoms. The van der Waals surface area contributed by atoms with Crippen molar-refractivity contribution in [3.8, 4) is 0 Å². The number of carbonyl (C=O) groups is 2. The smallest absolute Gasteiger partial charge is 0.416 e. The second-order valence-corrected chi connectivity index (χ2v) is 8.35. The number of ether oxygens (including phenoxy) is 1. The average Bonchev–Trinajstić information content (AvgIpc) is 2.50. The van der Waals surface area contributed by atoms with Crippen molar-refractivity contribution in [1.29, 1.82) is 0 Å². The summed E-state index contributed by atoms with van der Waals surface area (Å²) in [4.78, 5) is 24.3. The predicted octanol–water partition coefficient (Wildman–Crippen LogP) is 4.30. The summed E-state index contributed by atoms with van der Waals surface area (Å²) in [5.41, 5.74) is -1.67. The van der Waals surface area contributed by atoms with Crippen LogP contribution in [0.4, 0.5) is 18.0 Å².